The van der Waals surface area contributed by atoms with E-state index >= 15 is 0 Å². The van der Waals surface area contributed by atoms with Crippen LogP contribution in [0.25, 0.3) is 22.3 Å². The smallest absolute Gasteiger partial charge is 0.371 e. The Kier molecular flexibility index (Phi) is 13.4. The monoisotopic (exact) mass is 666 g/mol. The Morgan fingerprint density at radius 3 is 1.78 bits per heavy atom. The Hall–Kier alpha value is -5.54. The summed E-state index contributed by atoms with van der Waals surface area (Å²) < 4.78 is 39.2. The average molecular weight is 667 g/mol. The first-order valence-corrected chi connectivity index (χ1v) is 15.8. The molecule has 0 unspecified atom stereocenters. The van der Waals surface area contributed by atoms with Crippen LogP contribution < -0.4 is 14.2 Å². The summed E-state index contributed by atoms with van der Waals surface area (Å²) in [4.78, 5) is 35.6. The number of benzene rings is 4. The quantitative estimate of drug-likeness (QED) is 0.0478. The highest BCUT2D eigenvalue weighted by Crippen LogP contribution is 2.30. The van der Waals surface area contributed by atoms with Crippen molar-refractivity contribution in [1.29, 1.82) is 0 Å². The third-order valence-corrected chi connectivity index (χ3v) is 7.45. The third-order valence-electron chi connectivity index (χ3n) is 7.45. The number of carbonyl (C=O) groups excluding carboxylic acids is 3. The molecule has 49 heavy (non-hydrogen) atoms. The number of unbranched alkanes of at least 4 members (excludes halogenated alkanes) is 3. The highest BCUT2D eigenvalue weighted by molar-refractivity contribution is 5.92. The minimum atomic E-state index is -1.21. The minimum absolute atomic E-state index is 0.0802. The molecule has 0 bridgehead atoms. The second kappa shape index (κ2) is 18.1. The Balaban J connectivity index is 1.22. The number of rotatable bonds is 17. The van der Waals surface area contributed by atoms with E-state index in [4.69, 9.17) is 23.7 Å². The highest BCUT2D eigenvalue weighted by atomic mass is 19.1. The minimum Gasteiger partial charge on any atom is -0.493 e. The maximum atomic E-state index is 12.8. The van der Waals surface area contributed by atoms with Gasteiger partial charge < -0.3 is 23.7 Å². The van der Waals surface area contributed by atoms with E-state index in [-0.39, 0.29) is 17.9 Å². The number of aryl methyl sites for hydroxylation is 1. The Morgan fingerprint density at radius 2 is 1.18 bits per heavy atom. The van der Waals surface area contributed by atoms with Crippen molar-refractivity contribution in [2.45, 2.75) is 32.6 Å². The second-order valence-corrected chi connectivity index (χ2v) is 11.2. The van der Waals surface area contributed by atoms with E-state index in [0.29, 0.717) is 24.5 Å². The zero-order chi connectivity index (χ0) is 35.2. The molecule has 0 heterocycles. The van der Waals surface area contributed by atoms with E-state index < -0.39 is 23.7 Å². The standard InChI is InChI=1S/C40H39FO8/c1-27-25-34(17-22-37(27)46-23-7-5-6-8-24-47-38(42)28(2)26-45-4)32-11-9-30(10-12-32)31-13-18-36(19-14-31)49-40(44)33-15-20-35(21-16-33)48-39(43)29(3)41/h9-22,25H,2-3,5-8,23-24,26H2,1,4H3. The maximum absolute atomic E-state index is 12.8. The van der Waals surface area contributed by atoms with Crippen LogP contribution in [0.5, 0.6) is 17.2 Å². The SMILES string of the molecule is C=C(F)C(=O)Oc1ccc(C(=O)Oc2ccc(-c3ccc(-c4ccc(OCCCCCCOC(=O)C(=C)COC)c(C)c4)cc3)cc2)cc1. The van der Waals surface area contributed by atoms with Crippen LogP contribution in [0.2, 0.25) is 0 Å². The maximum Gasteiger partial charge on any atom is 0.371 e. The lowest BCUT2D eigenvalue weighted by molar-refractivity contribution is -0.139. The van der Waals surface area contributed by atoms with Crippen LogP contribution >= 0.6 is 0 Å². The number of halogens is 1. The molecule has 4 aromatic rings. The Morgan fingerprint density at radius 1 is 0.653 bits per heavy atom. The summed E-state index contributed by atoms with van der Waals surface area (Å²) in [6.45, 7) is 9.72. The molecule has 0 aliphatic rings. The van der Waals surface area contributed by atoms with Crippen molar-refractivity contribution in [3.63, 3.8) is 0 Å². The van der Waals surface area contributed by atoms with Gasteiger partial charge in [-0.1, -0.05) is 55.6 Å². The second-order valence-electron chi connectivity index (χ2n) is 11.2. The predicted octanol–water partition coefficient (Wildman–Crippen LogP) is 8.62. The van der Waals surface area contributed by atoms with Gasteiger partial charge in [-0.3, -0.25) is 0 Å². The number of ether oxygens (including phenoxy) is 5. The van der Waals surface area contributed by atoms with Crippen molar-refractivity contribution >= 4 is 17.9 Å². The predicted molar refractivity (Wildman–Crippen MR) is 185 cm³/mol. The molecule has 0 saturated carbocycles. The van der Waals surface area contributed by atoms with Gasteiger partial charge in [-0.15, -0.1) is 0 Å². The van der Waals surface area contributed by atoms with Crippen molar-refractivity contribution in [3.8, 4) is 39.5 Å². The average Bonchev–Trinajstić information content (AvgIpc) is 3.10. The zero-order valence-corrected chi connectivity index (χ0v) is 27.7. The molecule has 0 aliphatic carbocycles. The number of esters is 3. The van der Waals surface area contributed by atoms with Gasteiger partial charge in [0.2, 0.25) is 5.83 Å². The first-order chi connectivity index (χ1) is 23.6. The lowest BCUT2D eigenvalue weighted by Crippen LogP contribution is -2.11. The normalized spacial score (nSPS) is 10.6. The van der Waals surface area contributed by atoms with Crippen molar-refractivity contribution in [2.24, 2.45) is 0 Å². The number of hydrogen-bond donors (Lipinski definition) is 0. The van der Waals surface area contributed by atoms with E-state index in [1.807, 2.05) is 43.3 Å². The Labute approximate surface area is 285 Å². The van der Waals surface area contributed by atoms with Crippen LogP contribution in [0.4, 0.5) is 4.39 Å². The lowest BCUT2D eigenvalue weighted by atomic mass is 9.99. The summed E-state index contributed by atoms with van der Waals surface area (Å²) in [5, 5.41) is 0. The van der Waals surface area contributed by atoms with Gasteiger partial charge in [-0.25, -0.2) is 14.4 Å². The molecule has 9 heteroatoms. The molecule has 0 atom stereocenters. The molecule has 4 aromatic carbocycles. The lowest BCUT2D eigenvalue weighted by Gasteiger charge is -2.12. The summed E-state index contributed by atoms with van der Waals surface area (Å²) in [7, 11) is 1.51. The van der Waals surface area contributed by atoms with Gasteiger partial charge in [0, 0.05) is 7.11 Å². The van der Waals surface area contributed by atoms with E-state index in [2.05, 4.69) is 31.4 Å². The fourth-order valence-corrected chi connectivity index (χ4v) is 4.79. The van der Waals surface area contributed by atoms with Gasteiger partial charge in [0.25, 0.3) is 0 Å². The topological polar surface area (TPSA) is 97.4 Å². The summed E-state index contributed by atoms with van der Waals surface area (Å²) in [5.74, 6) is -2.10. The van der Waals surface area contributed by atoms with Gasteiger partial charge in [0.1, 0.15) is 17.2 Å². The van der Waals surface area contributed by atoms with E-state index in [1.165, 1.54) is 31.4 Å². The molecule has 0 spiro atoms. The molecule has 254 valence electrons. The fourth-order valence-electron chi connectivity index (χ4n) is 4.79. The molecule has 0 aliphatic heterocycles. The van der Waals surface area contributed by atoms with Crippen LogP contribution in [-0.2, 0) is 19.1 Å². The molecule has 0 amide bonds. The van der Waals surface area contributed by atoms with E-state index in [1.54, 1.807) is 12.1 Å². The highest BCUT2D eigenvalue weighted by Gasteiger charge is 2.13. The summed E-state index contributed by atoms with van der Waals surface area (Å²) in [6.07, 6.45) is 3.62. The molecule has 0 aromatic heterocycles. The Bertz CT molecular complexity index is 1760. The molecule has 4 rings (SSSR count). The van der Waals surface area contributed by atoms with Crippen molar-refractivity contribution in [1.82, 2.24) is 0 Å². The van der Waals surface area contributed by atoms with Crippen LogP contribution in [0.1, 0.15) is 41.6 Å². The van der Waals surface area contributed by atoms with Crippen LogP contribution in [-0.4, -0.2) is 44.8 Å². The molecule has 0 saturated heterocycles. The molecule has 0 radical (unpaired) electrons. The van der Waals surface area contributed by atoms with Crippen molar-refractivity contribution in [3.05, 3.63) is 127 Å². The summed E-state index contributed by atoms with van der Waals surface area (Å²) in [6, 6.07) is 27.1. The molecular formula is C40H39FO8. The molecule has 8 nitrogen and oxygen atoms in total. The van der Waals surface area contributed by atoms with Crippen LogP contribution in [0.3, 0.4) is 0 Å². The molecular weight excluding hydrogens is 627 g/mol. The summed E-state index contributed by atoms with van der Waals surface area (Å²) in [5.41, 5.74) is 5.74. The fraction of sp³-hybridized carbons (Fsp3) is 0.225. The molecule has 0 fully saturated rings. The van der Waals surface area contributed by atoms with Crippen molar-refractivity contribution < 1.29 is 42.5 Å². The van der Waals surface area contributed by atoms with Gasteiger partial charge >= 0.3 is 17.9 Å². The van der Waals surface area contributed by atoms with E-state index in [9.17, 15) is 18.8 Å². The number of hydrogen-bond acceptors (Lipinski definition) is 8. The number of carbonyl (C=O) groups is 3. The van der Waals surface area contributed by atoms with Gasteiger partial charge in [-0.2, -0.15) is 4.39 Å². The van der Waals surface area contributed by atoms with Crippen molar-refractivity contribution in [2.75, 3.05) is 26.9 Å². The zero-order valence-electron chi connectivity index (χ0n) is 27.7. The largest absolute Gasteiger partial charge is 0.493 e. The third kappa shape index (κ3) is 11.0. The van der Waals surface area contributed by atoms with Gasteiger partial charge in [0.05, 0.1) is 31.0 Å². The number of methoxy groups -OCH3 is 1. The molecule has 0 N–H and O–H groups in total. The van der Waals surface area contributed by atoms with Gasteiger partial charge in [-0.05, 0) is 109 Å². The van der Waals surface area contributed by atoms with Crippen LogP contribution in [0.15, 0.2) is 116 Å². The van der Waals surface area contributed by atoms with Crippen LogP contribution in [0, 0.1) is 6.92 Å². The summed E-state index contributed by atoms with van der Waals surface area (Å²) >= 11 is 0. The first kappa shape index (κ1) is 36.3. The van der Waals surface area contributed by atoms with E-state index in [0.717, 1.165) is 59.3 Å². The first-order valence-electron chi connectivity index (χ1n) is 15.8. The van der Waals surface area contributed by atoms with Gasteiger partial charge in [0.15, 0.2) is 0 Å².